The maximum Gasteiger partial charge on any atom is 0.338 e. The number of alkyl halides is 1. The molecule has 0 N–H and O–H groups in total. The quantitative estimate of drug-likeness (QED) is 0.438. The summed E-state index contributed by atoms with van der Waals surface area (Å²) >= 11 is 3.23. The van der Waals surface area contributed by atoms with Crippen LogP contribution in [-0.2, 0) is 4.74 Å². The summed E-state index contributed by atoms with van der Waals surface area (Å²) in [6, 6.07) is 4.76. The summed E-state index contributed by atoms with van der Waals surface area (Å²) in [6.07, 6.45) is 0.388. The van der Waals surface area contributed by atoms with E-state index in [2.05, 4.69) is 15.9 Å². The molecule has 0 unspecified atom stereocenters. The maximum atomic E-state index is 11.9. The highest BCUT2D eigenvalue weighted by Gasteiger charge is 2.15. The number of hydrogen-bond acceptors (Lipinski definition) is 4. The Morgan fingerprint density at radius 1 is 1.21 bits per heavy atom. The summed E-state index contributed by atoms with van der Waals surface area (Å²) in [5.74, 6) is -0.00215. The van der Waals surface area contributed by atoms with E-state index >= 15 is 0 Å². The minimum Gasteiger partial charge on any atom is -0.493 e. The molecule has 1 rings (SSSR count). The van der Waals surface area contributed by atoms with E-state index < -0.39 is 5.97 Å². The van der Waals surface area contributed by atoms with E-state index in [1.165, 1.54) is 0 Å². The normalized spacial score (nSPS) is 10.1. The van der Waals surface area contributed by atoms with Gasteiger partial charge in [-0.2, -0.15) is 0 Å². The Labute approximate surface area is 121 Å². The van der Waals surface area contributed by atoms with E-state index in [-0.39, 0.29) is 5.78 Å². The second kappa shape index (κ2) is 7.94. The van der Waals surface area contributed by atoms with Gasteiger partial charge in [0, 0.05) is 11.8 Å². The van der Waals surface area contributed by atoms with Crippen molar-refractivity contribution in [2.75, 3.05) is 18.5 Å². The Kier molecular flexibility index (Phi) is 6.56. The molecule has 0 heterocycles. The molecule has 4 nitrogen and oxygen atoms in total. The third-order valence-corrected chi connectivity index (χ3v) is 2.81. The van der Waals surface area contributed by atoms with Crippen LogP contribution in [0.5, 0.6) is 5.75 Å². The van der Waals surface area contributed by atoms with Crippen LogP contribution < -0.4 is 4.74 Å². The van der Waals surface area contributed by atoms with Gasteiger partial charge in [0.15, 0.2) is 5.78 Å². The van der Waals surface area contributed by atoms with Gasteiger partial charge in [-0.25, -0.2) is 4.79 Å². The second-order valence-corrected chi connectivity index (χ2v) is 4.52. The maximum absolute atomic E-state index is 11.9. The zero-order chi connectivity index (χ0) is 14.3. The molecule has 1 aromatic rings. The van der Waals surface area contributed by atoms with Gasteiger partial charge in [-0.1, -0.05) is 15.9 Å². The Balaban J connectivity index is 3.06. The average Bonchev–Trinajstić information content (AvgIpc) is 2.39. The Bertz CT molecular complexity index is 457. The van der Waals surface area contributed by atoms with Gasteiger partial charge in [0.2, 0.25) is 0 Å². The molecule has 0 amide bonds. The molecule has 0 aliphatic carbocycles. The van der Waals surface area contributed by atoms with Gasteiger partial charge < -0.3 is 9.47 Å². The zero-order valence-corrected chi connectivity index (χ0v) is 12.7. The Morgan fingerprint density at radius 2 is 1.95 bits per heavy atom. The highest BCUT2D eigenvalue weighted by Crippen LogP contribution is 2.23. The number of halogens is 1. The summed E-state index contributed by atoms with van der Waals surface area (Å²) in [5, 5.41) is 0.594. The molecular formula is C14H17BrO4. The largest absolute Gasteiger partial charge is 0.493 e. The lowest BCUT2D eigenvalue weighted by atomic mass is 10.0. The first-order chi connectivity index (χ1) is 9.13. The van der Waals surface area contributed by atoms with Crippen LogP contribution >= 0.6 is 15.9 Å². The summed E-state index contributed by atoms with van der Waals surface area (Å²) < 4.78 is 10.4. The number of esters is 1. The van der Waals surface area contributed by atoms with Crippen molar-refractivity contribution < 1.29 is 19.1 Å². The first kappa shape index (κ1) is 15.7. The fourth-order valence-corrected chi connectivity index (χ4v) is 1.95. The van der Waals surface area contributed by atoms with Crippen molar-refractivity contribution in [3.05, 3.63) is 29.3 Å². The topological polar surface area (TPSA) is 52.6 Å². The number of ketones is 1. The highest BCUT2D eigenvalue weighted by atomic mass is 79.9. The van der Waals surface area contributed by atoms with Crippen LogP contribution in [0.25, 0.3) is 0 Å². The molecule has 0 bridgehead atoms. The lowest BCUT2D eigenvalue weighted by molar-refractivity contribution is 0.0525. The van der Waals surface area contributed by atoms with Crippen LogP contribution in [0.1, 0.15) is 41.0 Å². The van der Waals surface area contributed by atoms with Crippen LogP contribution in [0.3, 0.4) is 0 Å². The molecule has 5 heteroatoms. The van der Waals surface area contributed by atoms with Gasteiger partial charge >= 0.3 is 5.97 Å². The number of rotatable bonds is 7. The predicted octanol–water partition coefficient (Wildman–Crippen LogP) is 3.23. The van der Waals surface area contributed by atoms with Crippen molar-refractivity contribution in [3.8, 4) is 5.75 Å². The number of hydrogen-bond donors (Lipinski definition) is 0. The fraction of sp³-hybridized carbons (Fsp3) is 0.429. The van der Waals surface area contributed by atoms with Crippen molar-refractivity contribution in [3.63, 3.8) is 0 Å². The number of benzene rings is 1. The molecule has 0 aliphatic rings. The van der Waals surface area contributed by atoms with Crippen molar-refractivity contribution in [1.82, 2.24) is 0 Å². The van der Waals surface area contributed by atoms with Gasteiger partial charge in [0.05, 0.1) is 24.3 Å². The third-order valence-electron chi connectivity index (χ3n) is 2.41. The smallest absolute Gasteiger partial charge is 0.338 e. The molecule has 104 valence electrons. The van der Waals surface area contributed by atoms with E-state index in [1.54, 1.807) is 25.1 Å². The van der Waals surface area contributed by atoms with Crippen molar-refractivity contribution in [2.24, 2.45) is 0 Å². The summed E-state index contributed by atoms with van der Waals surface area (Å²) in [5.41, 5.74) is 0.884. The SMILES string of the molecule is CCOC(=O)c1ccc(C(=O)CCBr)c(OCC)c1. The van der Waals surface area contributed by atoms with Gasteiger partial charge in [0.25, 0.3) is 0 Å². The minimum absolute atomic E-state index is 0.0178. The number of ether oxygens (including phenoxy) is 2. The standard InChI is InChI=1S/C14H17BrO4/c1-3-18-13-9-10(14(17)19-4-2)5-6-11(13)12(16)7-8-15/h5-6,9H,3-4,7-8H2,1-2H3. The van der Waals surface area contributed by atoms with Crippen LogP contribution in [0.4, 0.5) is 0 Å². The molecule has 0 radical (unpaired) electrons. The van der Waals surface area contributed by atoms with Gasteiger partial charge in [-0.15, -0.1) is 0 Å². The minimum atomic E-state index is -0.414. The highest BCUT2D eigenvalue weighted by molar-refractivity contribution is 9.09. The zero-order valence-electron chi connectivity index (χ0n) is 11.1. The molecule has 0 saturated heterocycles. The molecule has 0 aromatic heterocycles. The first-order valence-corrected chi connectivity index (χ1v) is 7.29. The average molecular weight is 329 g/mol. The number of carbonyl (C=O) groups excluding carboxylic acids is 2. The van der Waals surface area contributed by atoms with Gasteiger partial charge in [-0.3, -0.25) is 4.79 Å². The molecule has 0 saturated carbocycles. The van der Waals surface area contributed by atoms with Gasteiger partial charge in [0.1, 0.15) is 5.75 Å². The lowest BCUT2D eigenvalue weighted by Crippen LogP contribution is -2.09. The van der Waals surface area contributed by atoms with E-state index in [0.717, 1.165) is 0 Å². The molecule has 1 aromatic carbocycles. The van der Waals surface area contributed by atoms with Crippen LogP contribution in [-0.4, -0.2) is 30.3 Å². The van der Waals surface area contributed by atoms with Crippen LogP contribution in [0.15, 0.2) is 18.2 Å². The molecular weight excluding hydrogens is 312 g/mol. The van der Waals surface area contributed by atoms with Crippen molar-refractivity contribution in [1.29, 1.82) is 0 Å². The van der Waals surface area contributed by atoms with E-state index in [4.69, 9.17) is 9.47 Å². The van der Waals surface area contributed by atoms with Crippen LogP contribution in [0, 0.1) is 0 Å². The van der Waals surface area contributed by atoms with E-state index in [0.29, 0.717) is 41.8 Å². The number of Topliss-reactive ketones (excluding diaryl/α,β-unsaturated/α-hetero) is 1. The molecule has 0 fully saturated rings. The van der Waals surface area contributed by atoms with Crippen molar-refractivity contribution in [2.45, 2.75) is 20.3 Å². The summed E-state index contributed by atoms with van der Waals surface area (Å²) in [4.78, 5) is 23.6. The van der Waals surface area contributed by atoms with Crippen LogP contribution in [0.2, 0.25) is 0 Å². The van der Waals surface area contributed by atoms with Gasteiger partial charge in [-0.05, 0) is 32.0 Å². The molecule has 0 spiro atoms. The Morgan fingerprint density at radius 3 is 2.53 bits per heavy atom. The lowest BCUT2D eigenvalue weighted by Gasteiger charge is -2.11. The third kappa shape index (κ3) is 4.35. The predicted molar refractivity (Wildman–Crippen MR) is 76.3 cm³/mol. The first-order valence-electron chi connectivity index (χ1n) is 6.17. The number of carbonyl (C=O) groups is 2. The molecule has 19 heavy (non-hydrogen) atoms. The van der Waals surface area contributed by atoms with E-state index in [9.17, 15) is 9.59 Å². The monoisotopic (exact) mass is 328 g/mol. The molecule has 0 atom stereocenters. The fourth-order valence-electron chi connectivity index (χ4n) is 1.59. The Hall–Kier alpha value is -1.36. The van der Waals surface area contributed by atoms with Crippen molar-refractivity contribution >= 4 is 27.7 Å². The molecule has 0 aliphatic heterocycles. The van der Waals surface area contributed by atoms with E-state index in [1.807, 2.05) is 6.92 Å². The second-order valence-electron chi connectivity index (χ2n) is 3.73. The summed E-state index contributed by atoms with van der Waals surface area (Å²) in [6.45, 7) is 4.32. The summed E-state index contributed by atoms with van der Waals surface area (Å²) in [7, 11) is 0.